The summed E-state index contributed by atoms with van der Waals surface area (Å²) in [5.41, 5.74) is 7.06. The number of piperidine rings is 1. The fraction of sp³-hybridized carbons (Fsp3) is 0.579. The van der Waals surface area contributed by atoms with E-state index in [4.69, 9.17) is 10.7 Å². The maximum Gasteiger partial charge on any atom is 0.242 e. The number of primary amides is 1. The molecule has 0 atom stereocenters. The number of fused-ring (bicyclic) bond motifs is 1. The van der Waals surface area contributed by atoms with E-state index in [1.165, 1.54) is 18.4 Å². The summed E-state index contributed by atoms with van der Waals surface area (Å²) in [5, 5.41) is 0. The van der Waals surface area contributed by atoms with E-state index in [0.29, 0.717) is 12.1 Å². The molecule has 0 unspecified atom stereocenters. The van der Waals surface area contributed by atoms with Gasteiger partial charge in [0.15, 0.2) is 0 Å². The maximum atomic E-state index is 12.4. The Morgan fingerprint density at radius 3 is 2.54 bits per heavy atom. The number of benzene rings is 1. The van der Waals surface area contributed by atoms with Crippen molar-refractivity contribution in [1.29, 1.82) is 0 Å². The van der Waals surface area contributed by atoms with Crippen LogP contribution in [0.5, 0.6) is 0 Å². The first-order valence-electron chi connectivity index (χ1n) is 9.67. The zero-order valence-corrected chi connectivity index (χ0v) is 17.6. The number of nitrogens with zero attached hydrogens (tertiary/aromatic N) is 4. The van der Waals surface area contributed by atoms with Gasteiger partial charge in [0, 0.05) is 26.6 Å². The van der Waals surface area contributed by atoms with Gasteiger partial charge in [-0.15, -0.1) is 0 Å². The SMILES string of the molecule is CCCn1c(CN2CCC(C(N)=O)CC2)nc2cc(S(=O)(=O)N(C)C)ccc21. The van der Waals surface area contributed by atoms with E-state index in [0.717, 1.165) is 50.2 Å². The van der Waals surface area contributed by atoms with Crippen LogP contribution in [-0.4, -0.2) is 60.3 Å². The van der Waals surface area contributed by atoms with E-state index in [1.54, 1.807) is 12.1 Å². The zero-order valence-electron chi connectivity index (χ0n) is 16.8. The van der Waals surface area contributed by atoms with Gasteiger partial charge in [0.1, 0.15) is 5.82 Å². The smallest absolute Gasteiger partial charge is 0.242 e. The third-order valence-electron chi connectivity index (χ3n) is 5.38. The Morgan fingerprint density at radius 1 is 1.29 bits per heavy atom. The van der Waals surface area contributed by atoms with Crippen LogP contribution in [0.25, 0.3) is 11.0 Å². The molecule has 2 aromatic rings. The van der Waals surface area contributed by atoms with Crippen molar-refractivity contribution in [1.82, 2.24) is 18.8 Å². The number of hydrogen-bond acceptors (Lipinski definition) is 5. The fourth-order valence-corrected chi connectivity index (χ4v) is 4.62. The van der Waals surface area contributed by atoms with Crippen molar-refractivity contribution in [3.05, 3.63) is 24.0 Å². The van der Waals surface area contributed by atoms with Crippen LogP contribution < -0.4 is 5.73 Å². The second kappa shape index (κ2) is 8.18. The highest BCUT2D eigenvalue weighted by molar-refractivity contribution is 7.89. The lowest BCUT2D eigenvalue weighted by Crippen LogP contribution is -2.38. The molecule has 0 saturated carbocycles. The summed E-state index contributed by atoms with van der Waals surface area (Å²) in [6, 6.07) is 5.14. The van der Waals surface area contributed by atoms with Gasteiger partial charge in [-0.3, -0.25) is 9.69 Å². The number of sulfonamides is 1. The second-order valence-corrected chi connectivity index (χ2v) is 9.72. The summed E-state index contributed by atoms with van der Waals surface area (Å²) in [4.78, 5) is 18.7. The van der Waals surface area contributed by atoms with Gasteiger partial charge >= 0.3 is 0 Å². The number of aromatic nitrogens is 2. The second-order valence-electron chi connectivity index (χ2n) is 7.57. The molecule has 0 bridgehead atoms. The Labute approximate surface area is 166 Å². The van der Waals surface area contributed by atoms with Crippen molar-refractivity contribution < 1.29 is 13.2 Å². The number of carbonyl (C=O) groups is 1. The van der Waals surface area contributed by atoms with Gasteiger partial charge in [-0.1, -0.05) is 6.92 Å². The standard InChI is InChI=1S/C19H29N5O3S/c1-4-9-24-17-6-5-15(28(26,27)22(2)3)12-16(17)21-18(24)13-23-10-7-14(8-11-23)19(20)25/h5-6,12,14H,4,7-11,13H2,1-3H3,(H2,20,25). The quantitative estimate of drug-likeness (QED) is 0.747. The third-order valence-corrected chi connectivity index (χ3v) is 7.19. The summed E-state index contributed by atoms with van der Waals surface area (Å²) < 4.78 is 28.3. The Balaban J connectivity index is 1.89. The number of likely N-dealkylation sites (tertiary alicyclic amines) is 1. The van der Waals surface area contributed by atoms with E-state index >= 15 is 0 Å². The van der Waals surface area contributed by atoms with Crippen LogP contribution in [0.1, 0.15) is 32.0 Å². The molecule has 0 aliphatic carbocycles. The summed E-state index contributed by atoms with van der Waals surface area (Å²) in [7, 11) is -0.448. The van der Waals surface area contributed by atoms with Crippen LogP contribution in [0.3, 0.4) is 0 Å². The molecular formula is C19H29N5O3S. The first-order valence-corrected chi connectivity index (χ1v) is 11.1. The molecule has 9 heteroatoms. The predicted molar refractivity (Wildman–Crippen MR) is 108 cm³/mol. The Hall–Kier alpha value is -1.97. The summed E-state index contributed by atoms with van der Waals surface area (Å²) in [6.07, 6.45) is 2.50. The third kappa shape index (κ3) is 4.06. The number of imidazole rings is 1. The maximum absolute atomic E-state index is 12.4. The lowest BCUT2D eigenvalue weighted by atomic mass is 9.96. The lowest BCUT2D eigenvalue weighted by Gasteiger charge is -2.30. The van der Waals surface area contributed by atoms with Crippen LogP contribution in [-0.2, 0) is 27.9 Å². The predicted octanol–water partition coefficient (Wildman–Crippen LogP) is 1.39. The van der Waals surface area contributed by atoms with Crippen LogP contribution in [0.4, 0.5) is 0 Å². The summed E-state index contributed by atoms with van der Waals surface area (Å²) >= 11 is 0. The summed E-state index contributed by atoms with van der Waals surface area (Å²) in [6.45, 7) is 5.23. The van der Waals surface area contributed by atoms with Crippen molar-refractivity contribution in [2.75, 3.05) is 27.2 Å². The highest BCUT2D eigenvalue weighted by Crippen LogP contribution is 2.24. The molecule has 1 aliphatic rings. The molecule has 1 saturated heterocycles. The fourth-order valence-electron chi connectivity index (χ4n) is 3.70. The Kier molecular flexibility index (Phi) is 6.07. The molecule has 1 aromatic heterocycles. The lowest BCUT2D eigenvalue weighted by molar-refractivity contribution is -0.123. The van der Waals surface area contributed by atoms with Gasteiger partial charge in [0.05, 0.1) is 22.5 Å². The van der Waals surface area contributed by atoms with E-state index in [2.05, 4.69) is 16.4 Å². The molecule has 0 radical (unpaired) electrons. The molecule has 2 N–H and O–H groups in total. The number of amides is 1. The monoisotopic (exact) mass is 407 g/mol. The molecule has 1 aliphatic heterocycles. The Bertz CT molecular complexity index is 959. The van der Waals surface area contributed by atoms with Crippen molar-refractivity contribution in [3.8, 4) is 0 Å². The van der Waals surface area contributed by atoms with Gasteiger partial charge in [0.2, 0.25) is 15.9 Å². The molecule has 1 amide bonds. The zero-order chi connectivity index (χ0) is 20.5. The molecule has 8 nitrogen and oxygen atoms in total. The first kappa shape index (κ1) is 20.8. The average Bonchev–Trinajstić information content (AvgIpc) is 2.99. The largest absolute Gasteiger partial charge is 0.369 e. The van der Waals surface area contributed by atoms with Gasteiger partial charge in [-0.25, -0.2) is 17.7 Å². The van der Waals surface area contributed by atoms with E-state index in [9.17, 15) is 13.2 Å². The molecule has 3 rings (SSSR count). The van der Waals surface area contributed by atoms with Gasteiger partial charge in [-0.05, 0) is 50.6 Å². The van der Waals surface area contributed by atoms with Crippen LogP contribution in [0, 0.1) is 5.92 Å². The minimum absolute atomic E-state index is 0.0375. The number of rotatable bonds is 7. The number of hydrogen-bond donors (Lipinski definition) is 1. The highest BCUT2D eigenvalue weighted by atomic mass is 32.2. The van der Waals surface area contributed by atoms with Crippen molar-refractivity contribution in [2.45, 2.75) is 44.2 Å². The minimum Gasteiger partial charge on any atom is -0.369 e. The van der Waals surface area contributed by atoms with Crippen molar-refractivity contribution >= 4 is 27.0 Å². The van der Waals surface area contributed by atoms with Gasteiger partial charge in [-0.2, -0.15) is 0 Å². The normalized spacial score (nSPS) is 16.9. The van der Waals surface area contributed by atoms with E-state index < -0.39 is 10.0 Å². The summed E-state index contributed by atoms with van der Waals surface area (Å²) in [5.74, 6) is 0.672. The van der Waals surface area contributed by atoms with Crippen molar-refractivity contribution in [3.63, 3.8) is 0 Å². The molecule has 1 aromatic carbocycles. The molecule has 28 heavy (non-hydrogen) atoms. The van der Waals surface area contributed by atoms with Crippen LogP contribution >= 0.6 is 0 Å². The number of nitrogens with two attached hydrogens (primary N) is 1. The van der Waals surface area contributed by atoms with Crippen LogP contribution in [0.15, 0.2) is 23.1 Å². The average molecular weight is 408 g/mol. The molecule has 1 fully saturated rings. The van der Waals surface area contributed by atoms with E-state index in [1.807, 2.05) is 6.07 Å². The first-order chi connectivity index (χ1) is 13.2. The molecule has 2 heterocycles. The number of carbonyl (C=O) groups excluding carboxylic acids is 1. The topological polar surface area (TPSA) is 102 Å². The Morgan fingerprint density at radius 2 is 1.96 bits per heavy atom. The molecule has 154 valence electrons. The van der Waals surface area contributed by atoms with Crippen LogP contribution in [0.2, 0.25) is 0 Å². The molecular weight excluding hydrogens is 378 g/mol. The van der Waals surface area contributed by atoms with Gasteiger partial charge < -0.3 is 10.3 Å². The van der Waals surface area contributed by atoms with Crippen molar-refractivity contribution in [2.24, 2.45) is 11.7 Å². The minimum atomic E-state index is -3.50. The van der Waals surface area contributed by atoms with Gasteiger partial charge in [0.25, 0.3) is 0 Å². The number of aryl methyl sites for hydroxylation is 1. The molecule has 0 spiro atoms. The highest BCUT2D eigenvalue weighted by Gasteiger charge is 2.25. The van der Waals surface area contributed by atoms with E-state index in [-0.39, 0.29) is 16.7 Å².